The van der Waals surface area contributed by atoms with Gasteiger partial charge in [0.05, 0.1) is 0 Å². The highest BCUT2D eigenvalue weighted by Crippen LogP contribution is 2.10. The monoisotopic (exact) mass is 191 g/mol. The summed E-state index contributed by atoms with van der Waals surface area (Å²) in [6.45, 7) is 9.70. The maximum atomic E-state index is 11.5. The maximum absolute atomic E-state index is 11.5. The van der Waals surface area contributed by atoms with E-state index in [0.29, 0.717) is 0 Å². The van der Waals surface area contributed by atoms with Gasteiger partial charge in [-0.3, -0.25) is 4.79 Å². The molecule has 1 unspecified atom stereocenters. The van der Waals surface area contributed by atoms with E-state index in [2.05, 4.69) is 0 Å². The zero-order chi connectivity index (χ0) is 9.89. The fraction of sp³-hybridized carbons (Fsp3) is 0.889. The lowest BCUT2D eigenvalue weighted by atomic mass is 10.2. The molecule has 0 bridgehead atoms. The van der Waals surface area contributed by atoms with Crippen molar-refractivity contribution in [3.63, 3.8) is 0 Å². The molecule has 72 valence electrons. The highest BCUT2D eigenvalue weighted by Gasteiger charge is 2.23. The van der Waals surface area contributed by atoms with E-state index >= 15 is 0 Å². The first-order valence-electron chi connectivity index (χ1n) is 4.34. The van der Waals surface area contributed by atoms with E-state index in [-0.39, 0.29) is 18.0 Å². The second kappa shape index (κ2) is 4.70. The Hall–Kier alpha value is -0.240. The molecule has 0 heterocycles. The molecule has 12 heavy (non-hydrogen) atoms. The molecule has 0 spiro atoms. The van der Waals surface area contributed by atoms with Crippen LogP contribution >= 0.6 is 11.6 Å². The summed E-state index contributed by atoms with van der Waals surface area (Å²) in [5.74, 6) is 0.0154. The number of hydrogen-bond donors (Lipinski definition) is 0. The molecule has 0 aliphatic rings. The predicted molar refractivity (Wildman–Crippen MR) is 52.4 cm³/mol. The van der Waals surface area contributed by atoms with Crippen LogP contribution < -0.4 is 0 Å². The zero-order valence-electron chi connectivity index (χ0n) is 8.47. The fourth-order valence-electron chi connectivity index (χ4n) is 1.31. The Morgan fingerprint density at radius 1 is 1.08 bits per heavy atom. The van der Waals surface area contributed by atoms with Gasteiger partial charge in [0.1, 0.15) is 5.38 Å². The molecule has 0 fully saturated rings. The third-order valence-corrected chi connectivity index (χ3v) is 1.89. The van der Waals surface area contributed by atoms with Gasteiger partial charge in [-0.1, -0.05) is 0 Å². The van der Waals surface area contributed by atoms with Crippen molar-refractivity contribution in [3.8, 4) is 0 Å². The Morgan fingerprint density at radius 2 is 1.42 bits per heavy atom. The molecule has 0 aliphatic carbocycles. The van der Waals surface area contributed by atoms with Crippen molar-refractivity contribution in [2.24, 2.45) is 0 Å². The van der Waals surface area contributed by atoms with E-state index in [1.807, 2.05) is 27.7 Å². The number of amides is 1. The first kappa shape index (κ1) is 11.8. The van der Waals surface area contributed by atoms with Crippen LogP contribution in [0.5, 0.6) is 0 Å². The summed E-state index contributed by atoms with van der Waals surface area (Å²) in [5.41, 5.74) is 0. The number of nitrogens with zero attached hydrogens (tertiary/aromatic N) is 1. The second-order valence-corrected chi connectivity index (χ2v) is 4.20. The SMILES string of the molecule is CC(Cl)C(=O)N(C(C)C)C(C)C. The third-order valence-electron chi connectivity index (χ3n) is 1.71. The molecule has 0 aliphatic heterocycles. The standard InChI is InChI=1S/C9H18ClNO/c1-6(2)11(7(3)4)9(12)8(5)10/h6-8H,1-5H3. The van der Waals surface area contributed by atoms with Crippen LogP contribution in [0.25, 0.3) is 0 Å². The van der Waals surface area contributed by atoms with Gasteiger partial charge in [0.2, 0.25) is 5.91 Å². The topological polar surface area (TPSA) is 20.3 Å². The van der Waals surface area contributed by atoms with Crippen molar-refractivity contribution in [2.75, 3.05) is 0 Å². The van der Waals surface area contributed by atoms with Crippen molar-refractivity contribution in [1.82, 2.24) is 4.90 Å². The van der Waals surface area contributed by atoms with Gasteiger partial charge in [-0.2, -0.15) is 0 Å². The highest BCUT2D eigenvalue weighted by atomic mass is 35.5. The molecular formula is C9H18ClNO. The molecule has 0 saturated carbocycles. The summed E-state index contributed by atoms with van der Waals surface area (Å²) >= 11 is 5.72. The minimum absolute atomic E-state index is 0.0154. The minimum Gasteiger partial charge on any atom is -0.337 e. The number of alkyl halides is 1. The first-order valence-corrected chi connectivity index (χ1v) is 4.77. The van der Waals surface area contributed by atoms with Crippen LogP contribution in [0, 0.1) is 0 Å². The predicted octanol–water partition coefficient (Wildman–Crippen LogP) is 2.26. The molecule has 2 nitrogen and oxygen atoms in total. The Morgan fingerprint density at radius 3 is 1.50 bits per heavy atom. The molecular weight excluding hydrogens is 174 g/mol. The highest BCUT2D eigenvalue weighted by molar-refractivity contribution is 6.30. The lowest BCUT2D eigenvalue weighted by molar-refractivity contribution is -0.134. The normalized spacial score (nSPS) is 13.7. The summed E-state index contributed by atoms with van der Waals surface area (Å²) in [7, 11) is 0. The van der Waals surface area contributed by atoms with Gasteiger partial charge in [-0.05, 0) is 34.6 Å². The first-order chi connectivity index (χ1) is 5.37. The van der Waals surface area contributed by atoms with E-state index in [0.717, 1.165) is 0 Å². The molecule has 0 N–H and O–H groups in total. The number of carbonyl (C=O) groups excluding carboxylic acids is 1. The van der Waals surface area contributed by atoms with Gasteiger partial charge >= 0.3 is 0 Å². The summed E-state index contributed by atoms with van der Waals surface area (Å²) in [6.07, 6.45) is 0. The smallest absolute Gasteiger partial charge is 0.240 e. The van der Waals surface area contributed by atoms with E-state index in [1.54, 1.807) is 11.8 Å². The van der Waals surface area contributed by atoms with E-state index in [4.69, 9.17) is 11.6 Å². The average molecular weight is 192 g/mol. The summed E-state index contributed by atoms with van der Waals surface area (Å²) in [6, 6.07) is 0.442. The number of hydrogen-bond acceptors (Lipinski definition) is 1. The molecule has 0 aromatic rings. The molecule has 1 amide bonds. The molecule has 0 radical (unpaired) electrons. The quantitative estimate of drug-likeness (QED) is 0.627. The van der Waals surface area contributed by atoms with E-state index in [9.17, 15) is 4.79 Å². The summed E-state index contributed by atoms with van der Waals surface area (Å²) in [4.78, 5) is 13.3. The molecule has 0 aromatic heterocycles. The third kappa shape index (κ3) is 3.02. The van der Waals surface area contributed by atoms with Gasteiger partial charge in [0.25, 0.3) is 0 Å². The molecule has 0 saturated heterocycles. The minimum atomic E-state index is -0.421. The summed E-state index contributed by atoms with van der Waals surface area (Å²) in [5, 5.41) is -0.421. The zero-order valence-corrected chi connectivity index (χ0v) is 9.22. The number of rotatable bonds is 3. The fourth-order valence-corrected chi connectivity index (χ4v) is 1.42. The van der Waals surface area contributed by atoms with Gasteiger partial charge in [0.15, 0.2) is 0 Å². The molecule has 0 rings (SSSR count). The lowest BCUT2D eigenvalue weighted by Gasteiger charge is -2.31. The Bertz CT molecular complexity index is 147. The van der Waals surface area contributed by atoms with Crippen LogP contribution in [0.15, 0.2) is 0 Å². The van der Waals surface area contributed by atoms with E-state index < -0.39 is 5.38 Å². The maximum Gasteiger partial charge on any atom is 0.240 e. The summed E-state index contributed by atoms with van der Waals surface area (Å²) < 4.78 is 0. The van der Waals surface area contributed by atoms with Crippen LogP contribution in [0.2, 0.25) is 0 Å². The van der Waals surface area contributed by atoms with Crippen molar-refractivity contribution in [2.45, 2.75) is 52.1 Å². The van der Waals surface area contributed by atoms with Crippen molar-refractivity contribution in [3.05, 3.63) is 0 Å². The molecule has 0 aromatic carbocycles. The van der Waals surface area contributed by atoms with Crippen LogP contribution in [0.4, 0.5) is 0 Å². The Labute approximate surface area is 79.9 Å². The van der Waals surface area contributed by atoms with Crippen LogP contribution in [-0.2, 0) is 4.79 Å². The van der Waals surface area contributed by atoms with E-state index in [1.165, 1.54) is 0 Å². The average Bonchev–Trinajstić information content (AvgIpc) is 1.85. The Balaban J connectivity index is 4.41. The van der Waals surface area contributed by atoms with Crippen LogP contribution in [0.1, 0.15) is 34.6 Å². The second-order valence-electron chi connectivity index (χ2n) is 3.55. The number of halogens is 1. The van der Waals surface area contributed by atoms with Gasteiger partial charge < -0.3 is 4.90 Å². The van der Waals surface area contributed by atoms with Gasteiger partial charge in [0, 0.05) is 12.1 Å². The Kier molecular flexibility index (Phi) is 4.61. The van der Waals surface area contributed by atoms with Gasteiger partial charge in [-0.25, -0.2) is 0 Å². The number of carbonyl (C=O) groups is 1. The van der Waals surface area contributed by atoms with Gasteiger partial charge in [-0.15, -0.1) is 11.6 Å². The van der Waals surface area contributed by atoms with Crippen LogP contribution in [0.3, 0.4) is 0 Å². The van der Waals surface area contributed by atoms with Crippen LogP contribution in [-0.4, -0.2) is 28.3 Å². The van der Waals surface area contributed by atoms with Crippen molar-refractivity contribution in [1.29, 1.82) is 0 Å². The largest absolute Gasteiger partial charge is 0.337 e. The molecule has 3 heteroatoms. The molecule has 1 atom stereocenters. The van der Waals surface area contributed by atoms with Crippen molar-refractivity contribution < 1.29 is 4.79 Å². The lowest BCUT2D eigenvalue weighted by Crippen LogP contribution is -2.45. The van der Waals surface area contributed by atoms with Crippen molar-refractivity contribution >= 4 is 17.5 Å².